The molecule has 0 aliphatic rings. The van der Waals surface area contributed by atoms with E-state index in [4.69, 9.17) is 21.4 Å². The topological polar surface area (TPSA) is 68.3 Å². The van der Waals surface area contributed by atoms with Crippen LogP contribution in [0.25, 0.3) is 11.6 Å². The van der Waals surface area contributed by atoms with Crippen molar-refractivity contribution in [1.82, 2.24) is 14.9 Å². The number of hydrogen-bond acceptors (Lipinski definition) is 5. The Labute approximate surface area is 139 Å². The molecule has 0 amide bonds. The molecule has 8 heteroatoms. The largest absolute Gasteiger partial charge is 0.496 e. The van der Waals surface area contributed by atoms with Crippen LogP contribution in [0.1, 0.15) is 5.56 Å². The highest BCUT2D eigenvalue weighted by atomic mass is 79.9. The molecule has 112 valence electrons. The minimum Gasteiger partial charge on any atom is -0.496 e. The second-order valence-corrected chi connectivity index (χ2v) is 5.57. The number of furan rings is 1. The van der Waals surface area contributed by atoms with Gasteiger partial charge in [0.05, 0.1) is 19.6 Å². The van der Waals surface area contributed by atoms with Gasteiger partial charge < -0.3 is 9.15 Å². The molecule has 0 atom stereocenters. The molecular weight excluding hydrogens is 368 g/mol. The van der Waals surface area contributed by atoms with Gasteiger partial charge in [-0.3, -0.25) is 0 Å². The van der Waals surface area contributed by atoms with Gasteiger partial charge in [-0.25, -0.2) is 5.10 Å². The van der Waals surface area contributed by atoms with E-state index in [-0.39, 0.29) is 0 Å². The molecule has 0 unspecified atom stereocenters. The third-order valence-electron chi connectivity index (χ3n) is 2.90. The first-order valence-corrected chi connectivity index (χ1v) is 7.48. The maximum Gasteiger partial charge on any atom is 0.219 e. The van der Waals surface area contributed by atoms with Crippen molar-refractivity contribution in [2.24, 2.45) is 5.10 Å². The van der Waals surface area contributed by atoms with Gasteiger partial charge in [0.15, 0.2) is 5.76 Å². The number of nitrogens with one attached hydrogen (secondary N) is 1. The summed E-state index contributed by atoms with van der Waals surface area (Å²) in [5, 5.41) is 11.2. The van der Waals surface area contributed by atoms with Crippen molar-refractivity contribution in [2.75, 3.05) is 7.11 Å². The fraction of sp³-hybridized carbons (Fsp3) is 0.0714. The normalized spacial score (nSPS) is 11.2. The van der Waals surface area contributed by atoms with E-state index >= 15 is 0 Å². The van der Waals surface area contributed by atoms with Crippen LogP contribution in [0.15, 0.2) is 50.6 Å². The van der Waals surface area contributed by atoms with Gasteiger partial charge >= 0.3 is 0 Å². The van der Waals surface area contributed by atoms with E-state index in [1.54, 1.807) is 31.7 Å². The Hall–Kier alpha value is -2.19. The zero-order valence-electron chi connectivity index (χ0n) is 11.5. The van der Waals surface area contributed by atoms with Gasteiger partial charge in [0.1, 0.15) is 5.75 Å². The molecule has 0 radical (unpaired) electrons. The molecule has 0 spiro atoms. The van der Waals surface area contributed by atoms with Gasteiger partial charge in [-0.15, -0.1) is 5.10 Å². The Kier molecular flexibility index (Phi) is 4.21. The second kappa shape index (κ2) is 6.29. The molecule has 22 heavy (non-hydrogen) atoms. The Bertz CT molecular complexity index is 867. The molecule has 0 saturated carbocycles. The minimum atomic E-state index is 0.372. The molecule has 2 heterocycles. The first-order chi connectivity index (χ1) is 10.7. The smallest absolute Gasteiger partial charge is 0.219 e. The number of ether oxygens (including phenoxy) is 1. The van der Waals surface area contributed by atoms with Gasteiger partial charge in [0.2, 0.25) is 10.6 Å². The van der Waals surface area contributed by atoms with E-state index in [1.807, 2.05) is 18.2 Å². The molecule has 2 aromatic heterocycles. The van der Waals surface area contributed by atoms with E-state index in [0.29, 0.717) is 22.1 Å². The van der Waals surface area contributed by atoms with Gasteiger partial charge in [0, 0.05) is 10.0 Å². The van der Waals surface area contributed by atoms with Gasteiger partial charge in [0.25, 0.3) is 0 Å². The van der Waals surface area contributed by atoms with Crippen molar-refractivity contribution in [2.45, 2.75) is 0 Å². The lowest BCUT2D eigenvalue weighted by atomic mass is 10.2. The number of hydrogen-bond donors (Lipinski definition) is 1. The number of rotatable bonds is 4. The van der Waals surface area contributed by atoms with E-state index < -0.39 is 0 Å². The first kappa shape index (κ1) is 14.7. The third-order valence-corrected chi connectivity index (χ3v) is 3.65. The Morgan fingerprint density at radius 1 is 1.45 bits per heavy atom. The van der Waals surface area contributed by atoms with Crippen LogP contribution in [-0.2, 0) is 0 Å². The van der Waals surface area contributed by atoms with Crippen molar-refractivity contribution in [3.8, 4) is 17.3 Å². The summed E-state index contributed by atoms with van der Waals surface area (Å²) >= 11 is 8.62. The van der Waals surface area contributed by atoms with E-state index in [9.17, 15) is 0 Å². The van der Waals surface area contributed by atoms with Crippen molar-refractivity contribution >= 4 is 34.4 Å². The fourth-order valence-electron chi connectivity index (χ4n) is 1.89. The summed E-state index contributed by atoms with van der Waals surface area (Å²) < 4.78 is 13.4. The first-order valence-electron chi connectivity index (χ1n) is 6.28. The van der Waals surface area contributed by atoms with E-state index in [0.717, 1.165) is 10.0 Å². The highest BCUT2D eigenvalue weighted by Gasteiger charge is 2.10. The average Bonchev–Trinajstić information content (AvgIpc) is 3.15. The molecule has 0 aliphatic heterocycles. The summed E-state index contributed by atoms with van der Waals surface area (Å²) in [5.74, 6) is 1.78. The number of methoxy groups -OCH3 is 1. The highest BCUT2D eigenvalue weighted by molar-refractivity contribution is 9.10. The van der Waals surface area contributed by atoms with Crippen LogP contribution in [-0.4, -0.2) is 28.2 Å². The van der Waals surface area contributed by atoms with E-state index in [2.05, 4.69) is 31.2 Å². The van der Waals surface area contributed by atoms with Crippen LogP contribution in [0.2, 0.25) is 0 Å². The molecule has 0 fully saturated rings. The van der Waals surface area contributed by atoms with Crippen molar-refractivity contribution in [3.05, 3.63) is 51.4 Å². The second-order valence-electron chi connectivity index (χ2n) is 4.27. The third kappa shape index (κ3) is 2.88. The Balaban J connectivity index is 2.02. The summed E-state index contributed by atoms with van der Waals surface area (Å²) in [5.41, 5.74) is 0.811. The molecule has 6 nitrogen and oxygen atoms in total. The van der Waals surface area contributed by atoms with Gasteiger partial charge in [-0.05, 0) is 42.5 Å². The molecule has 3 rings (SSSR count). The quantitative estimate of drug-likeness (QED) is 0.552. The standard InChI is InChI=1S/C14H11BrN4O2S/c1-20-11-5-4-10(15)7-9(11)8-16-19-13(17-18-14(19)22)12-3-2-6-21-12/h2-8H,1H3,(H,18,22)/b16-8-. The summed E-state index contributed by atoms with van der Waals surface area (Å²) in [6.07, 6.45) is 3.22. The van der Waals surface area contributed by atoms with Crippen LogP contribution < -0.4 is 4.74 Å². The summed E-state index contributed by atoms with van der Waals surface area (Å²) in [4.78, 5) is 0. The maximum atomic E-state index is 5.33. The number of benzene rings is 1. The Morgan fingerprint density at radius 3 is 3.05 bits per heavy atom. The van der Waals surface area contributed by atoms with E-state index in [1.165, 1.54) is 4.68 Å². The predicted octanol–water partition coefficient (Wildman–Crippen LogP) is 3.85. The van der Waals surface area contributed by atoms with Crippen LogP contribution in [0.5, 0.6) is 5.75 Å². The molecule has 3 aromatic rings. The van der Waals surface area contributed by atoms with Crippen molar-refractivity contribution in [1.29, 1.82) is 0 Å². The van der Waals surface area contributed by atoms with Crippen LogP contribution in [0, 0.1) is 4.77 Å². The van der Waals surface area contributed by atoms with Gasteiger partial charge in [-0.1, -0.05) is 15.9 Å². The number of aromatic amines is 1. The lowest BCUT2D eigenvalue weighted by Crippen LogP contribution is -1.96. The van der Waals surface area contributed by atoms with Gasteiger partial charge in [-0.2, -0.15) is 9.78 Å². The lowest BCUT2D eigenvalue weighted by molar-refractivity contribution is 0.414. The Morgan fingerprint density at radius 2 is 2.32 bits per heavy atom. The lowest BCUT2D eigenvalue weighted by Gasteiger charge is -2.04. The van der Waals surface area contributed by atoms with Crippen LogP contribution in [0.4, 0.5) is 0 Å². The average molecular weight is 379 g/mol. The summed E-state index contributed by atoms with van der Waals surface area (Å²) in [6.45, 7) is 0. The summed E-state index contributed by atoms with van der Waals surface area (Å²) in [6, 6.07) is 9.22. The molecule has 0 saturated heterocycles. The van der Waals surface area contributed by atoms with Crippen LogP contribution in [0.3, 0.4) is 0 Å². The molecule has 0 aliphatic carbocycles. The molecule has 0 bridgehead atoms. The van der Waals surface area contributed by atoms with Crippen molar-refractivity contribution in [3.63, 3.8) is 0 Å². The SMILES string of the molecule is COc1ccc(Br)cc1/C=N\n1c(-c2ccco2)n[nH]c1=S. The maximum absolute atomic E-state index is 5.33. The number of nitrogens with zero attached hydrogens (tertiary/aromatic N) is 3. The van der Waals surface area contributed by atoms with Crippen molar-refractivity contribution < 1.29 is 9.15 Å². The molecular formula is C14H11BrN4O2S. The zero-order chi connectivity index (χ0) is 15.5. The zero-order valence-corrected chi connectivity index (χ0v) is 13.9. The fourth-order valence-corrected chi connectivity index (χ4v) is 2.45. The predicted molar refractivity (Wildman–Crippen MR) is 88.8 cm³/mol. The highest BCUT2D eigenvalue weighted by Crippen LogP contribution is 2.22. The monoisotopic (exact) mass is 378 g/mol. The molecule has 1 N–H and O–H groups in total. The number of H-pyrrole nitrogens is 1. The van der Waals surface area contributed by atoms with Crippen LogP contribution >= 0.6 is 28.1 Å². The minimum absolute atomic E-state index is 0.372. The summed E-state index contributed by atoms with van der Waals surface area (Å²) in [7, 11) is 1.61. The number of aromatic nitrogens is 3. The number of halogens is 1. The molecule has 1 aromatic carbocycles.